The Morgan fingerprint density at radius 2 is 2.15 bits per heavy atom. The van der Waals surface area contributed by atoms with Gasteiger partial charge >= 0.3 is 5.97 Å². The Bertz CT molecular complexity index is 205. The van der Waals surface area contributed by atoms with Gasteiger partial charge < -0.3 is 15.4 Å². The average molecular weight is 188 g/mol. The molecule has 0 aliphatic heterocycles. The molecule has 0 aromatic carbocycles. The second-order valence-corrected chi connectivity index (χ2v) is 2.30. The van der Waals surface area contributed by atoms with Gasteiger partial charge in [0.15, 0.2) is 0 Å². The van der Waals surface area contributed by atoms with Crippen LogP contribution in [-0.4, -0.2) is 38.0 Å². The van der Waals surface area contributed by atoms with Crippen LogP contribution in [0.15, 0.2) is 0 Å². The molecule has 0 unspecified atom stereocenters. The predicted molar refractivity (Wildman–Crippen MR) is 43.7 cm³/mol. The molecule has 2 amide bonds. The molecular weight excluding hydrogens is 176 g/mol. The summed E-state index contributed by atoms with van der Waals surface area (Å²) in [7, 11) is 1.22. The number of carbonyl (C=O) groups excluding carboxylic acids is 3. The van der Waals surface area contributed by atoms with Crippen molar-refractivity contribution in [2.45, 2.75) is 13.0 Å². The van der Waals surface area contributed by atoms with Crippen LogP contribution in [0.5, 0.6) is 0 Å². The second kappa shape index (κ2) is 5.99. The van der Waals surface area contributed by atoms with Crippen molar-refractivity contribution in [1.29, 1.82) is 0 Å². The van der Waals surface area contributed by atoms with Crippen LogP contribution in [0.3, 0.4) is 0 Å². The summed E-state index contributed by atoms with van der Waals surface area (Å²) in [6.45, 7) is 1.31. The molecule has 0 spiro atoms. The first-order valence-electron chi connectivity index (χ1n) is 3.66. The molecule has 0 heterocycles. The molecule has 0 rings (SSSR count). The minimum atomic E-state index is -0.651. The molecule has 0 aromatic rings. The maximum absolute atomic E-state index is 11.0. The Hall–Kier alpha value is -1.59. The Morgan fingerprint density at radius 3 is 2.62 bits per heavy atom. The molecule has 74 valence electrons. The Balaban J connectivity index is 3.73. The SMILES string of the molecule is COC(=O)CNC(=O)[C@H](C)NC=O. The Morgan fingerprint density at radius 1 is 1.54 bits per heavy atom. The van der Waals surface area contributed by atoms with E-state index in [9.17, 15) is 14.4 Å². The summed E-state index contributed by atoms with van der Waals surface area (Å²) in [6.07, 6.45) is 0.419. The largest absolute Gasteiger partial charge is 0.468 e. The zero-order valence-corrected chi connectivity index (χ0v) is 7.49. The monoisotopic (exact) mass is 188 g/mol. The third kappa shape index (κ3) is 4.78. The lowest BCUT2D eigenvalue weighted by Gasteiger charge is -2.09. The lowest BCUT2D eigenvalue weighted by molar-refractivity contribution is -0.141. The third-order valence-electron chi connectivity index (χ3n) is 1.35. The molecule has 0 aliphatic carbocycles. The van der Waals surface area contributed by atoms with Crippen molar-refractivity contribution in [3.8, 4) is 0 Å². The second-order valence-electron chi connectivity index (χ2n) is 2.30. The van der Waals surface area contributed by atoms with Crippen molar-refractivity contribution in [2.24, 2.45) is 0 Å². The van der Waals surface area contributed by atoms with Gasteiger partial charge in [-0.2, -0.15) is 0 Å². The van der Waals surface area contributed by atoms with Crippen LogP contribution in [0.25, 0.3) is 0 Å². The number of carbonyl (C=O) groups is 3. The van der Waals surface area contributed by atoms with Crippen LogP contribution in [-0.2, 0) is 19.1 Å². The standard InChI is InChI=1S/C7H12N2O4/c1-5(9-4-10)7(12)8-3-6(11)13-2/h4-5H,3H2,1-2H3,(H,8,12)(H,9,10)/t5-/m0/s1. The lowest BCUT2D eigenvalue weighted by atomic mass is 10.3. The van der Waals surface area contributed by atoms with E-state index in [0.29, 0.717) is 6.41 Å². The first kappa shape index (κ1) is 11.4. The van der Waals surface area contributed by atoms with Crippen molar-refractivity contribution in [2.75, 3.05) is 13.7 Å². The summed E-state index contributed by atoms with van der Waals surface area (Å²) < 4.78 is 4.30. The van der Waals surface area contributed by atoms with Crippen molar-refractivity contribution >= 4 is 18.3 Å². The molecule has 0 saturated heterocycles. The highest BCUT2D eigenvalue weighted by molar-refractivity contribution is 5.86. The van der Waals surface area contributed by atoms with Crippen LogP contribution >= 0.6 is 0 Å². The Kier molecular flexibility index (Phi) is 5.25. The van der Waals surface area contributed by atoms with Gasteiger partial charge in [0, 0.05) is 0 Å². The van der Waals surface area contributed by atoms with Gasteiger partial charge in [0.05, 0.1) is 7.11 Å². The van der Waals surface area contributed by atoms with E-state index >= 15 is 0 Å². The van der Waals surface area contributed by atoms with Gasteiger partial charge in [0.25, 0.3) is 0 Å². The molecule has 13 heavy (non-hydrogen) atoms. The number of ether oxygens (including phenoxy) is 1. The molecule has 1 atom stereocenters. The average Bonchev–Trinajstić information content (AvgIpc) is 2.13. The molecule has 6 nitrogen and oxygen atoms in total. The highest BCUT2D eigenvalue weighted by Crippen LogP contribution is 1.79. The van der Waals surface area contributed by atoms with E-state index in [1.807, 2.05) is 0 Å². The summed E-state index contributed by atoms with van der Waals surface area (Å²) in [5.41, 5.74) is 0. The van der Waals surface area contributed by atoms with E-state index in [-0.39, 0.29) is 6.54 Å². The van der Waals surface area contributed by atoms with Crippen LogP contribution in [0.4, 0.5) is 0 Å². The van der Waals surface area contributed by atoms with Gasteiger partial charge in [0.2, 0.25) is 12.3 Å². The quantitative estimate of drug-likeness (QED) is 0.402. The highest BCUT2D eigenvalue weighted by Gasteiger charge is 2.11. The van der Waals surface area contributed by atoms with E-state index < -0.39 is 17.9 Å². The van der Waals surface area contributed by atoms with Crippen LogP contribution in [0.1, 0.15) is 6.92 Å². The number of hydrogen-bond donors (Lipinski definition) is 2. The summed E-state index contributed by atoms with van der Waals surface area (Å²) in [4.78, 5) is 31.5. The van der Waals surface area contributed by atoms with E-state index in [2.05, 4.69) is 15.4 Å². The minimum absolute atomic E-state index is 0.194. The summed E-state index contributed by atoms with van der Waals surface area (Å²) in [6, 6.07) is -0.651. The molecule has 0 fully saturated rings. The summed E-state index contributed by atoms with van der Waals surface area (Å²) >= 11 is 0. The maximum Gasteiger partial charge on any atom is 0.325 e. The van der Waals surface area contributed by atoms with Crippen molar-refractivity contribution in [1.82, 2.24) is 10.6 Å². The first-order chi connectivity index (χ1) is 6.11. The van der Waals surface area contributed by atoms with Crippen LogP contribution in [0.2, 0.25) is 0 Å². The van der Waals surface area contributed by atoms with Gasteiger partial charge in [-0.25, -0.2) is 0 Å². The Labute approximate surface area is 75.6 Å². The highest BCUT2D eigenvalue weighted by atomic mass is 16.5. The van der Waals surface area contributed by atoms with Crippen LogP contribution < -0.4 is 10.6 Å². The number of amides is 2. The number of hydrogen-bond acceptors (Lipinski definition) is 4. The van der Waals surface area contributed by atoms with E-state index in [1.54, 1.807) is 0 Å². The fourth-order valence-corrected chi connectivity index (χ4v) is 0.562. The van der Waals surface area contributed by atoms with E-state index in [1.165, 1.54) is 14.0 Å². The summed E-state index contributed by atoms with van der Waals surface area (Å²) in [5, 5.41) is 4.53. The van der Waals surface area contributed by atoms with Gasteiger partial charge in [0.1, 0.15) is 12.6 Å². The fraction of sp³-hybridized carbons (Fsp3) is 0.571. The number of esters is 1. The normalized spacial score (nSPS) is 11.2. The fourth-order valence-electron chi connectivity index (χ4n) is 0.562. The first-order valence-corrected chi connectivity index (χ1v) is 3.66. The third-order valence-corrected chi connectivity index (χ3v) is 1.35. The number of rotatable bonds is 5. The zero-order chi connectivity index (χ0) is 10.3. The van der Waals surface area contributed by atoms with E-state index in [4.69, 9.17) is 0 Å². The van der Waals surface area contributed by atoms with Crippen molar-refractivity contribution in [3.05, 3.63) is 0 Å². The molecule has 0 bridgehead atoms. The zero-order valence-electron chi connectivity index (χ0n) is 7.49. The molecule has 0 aromatic heterocycles. The molecule has 6 heteroatoms. The number of methoxy groups -OCH3 is 1. The molecular formula is C7H12N2O4. The maximum atomic E-state index is 11.0. The number of nitrogens with one attached hydrogen (secondary N) is 2. The van der Waals surface area contributed by atoms with Gasteiger partial charge in [-0.15, -0.1) is 0 Å². The minimum Gasteiger partial charge on any atom is -0.468 e. The van der Waals surface area contributed by atoms with E-state index in [0.717, 1.165) is 0 Å². The molecule has 0 aliphatic rings. The molecule has 2 N–H and O–H groups in total. The predicted octanol–water partition coefficient (Wildman–Crippen LogP) is -1.59. The smallest absolute Gasteiger partial charge is 0.325 e. The lowest BCUT2D eigenvalue weighted by Crippen LogP contribution is -2.43. The van der Waals surface area contributed by atoms with Crippen molar-refractivity contribution < 1.29 is 19.1 Å². The topological polar surface area (TPSA) is 84.5 Å². The summed E-state index contributed by atoms with van der Waals surface area (Å²) in [5.74, 6) is -0.968. The van der Waals surface area contributed by atoms with Gasteiger partial charge in [-0.1, -0.05) is 0 Å². The molecule has 0 radical (unpaired) electrons. The molecule has 0 saturated carbocycles. The van der Waals surface area contributed by atoms with Gasteiger partial charge in [-0.05, 0) is 6.92 Å². The van der Waals surface area contributed by atoms with Crippen molar-refractivity contribution in [3.63, 3.8) is 0 Å². The van der Waals surface area contributed by atoms with Gasteiger partial charge in [-0.3, -0.25) is 14.4 Å². The van der Waals surface area contributed by atoms with Crippen LogP contribution in [0, 0.1) is 0 Å².